The van der Waals surface area contributed by atoms with Crippen molar-refractivity contribution in [3.63, 3.8) is 0 Å². The molecule has 1 aromatic carbocycles. The Balaban J connectivity index is 3.35. The molecule has 1 aromatic rings. The van der Waals surface area contributed by atoms with E-state index in [1.807, 2.05) is 0 Å². The molecule has 0 amide bonds. The van der Waals surface area contributed by atoms with E-state index < -0.39 is 40.8 Å². The van der Waals surface area contributed by atoms with Gasteiger partial charge >= 0.3 is 12.1 Å². The Morgan fingerprint density at radius 2 is 1.88 bits per heavy atom. The van der Waals surface area contributed by atoms with Gasteiger partial charge in [0, 0.05) is 11.3 Å². The number of halogens is 4. The number of anilines is 1. The molecule has 0 unspecified atom stereocenters. The van der Waals surface area contributed by atoms with Gasteiger partial charge in [-0.1, -0.05) is 0 Å². The lowest BCUT2D eigenvalue weighted by Crippen LogP contribution is -2.29. The highest BCUT2D eigenvalue weighted by atomic mass is 19.4. The third-order valence-electron chi connectivity index (χ3n) is 2.09. The summed E-state index contributed by atoms with van der Waals surface area (Å²) in [5.74, 6) is -2.85. The molecule has 0 saturated carbocycles. The van der Waals surface area contributed by atoms with Gasteiger partial charge in [-0.15, -0.1) is 0 Å². The van der Waals surface area contributed by atoms with Crippen LogP contribution in [0.2, 0.25) is 0 Å². The molecule has 17 heavy (non-hydrogen) atoms. The van der Waals surface area contributed by atoms with Gasteiger partial charge in [0.25, 0.3) is 0 Å². The van der Waals surface area contributed by atoms with Gasteiger partial charge in [0.1, 0.15) is 11.9 Å². The van der Waals surface area contributed by atoms with Gasteiger partial charge in [-0.25, -0.2) is 9.18 Å². The number of aromatic carboxylic acids is 1. The fourth-order valence-electron chi connectivity index (χ4n) is 1.21. The second-order valence-electron chi connectivity index (χ2n) is 3.29. The predicted octanol–water partition coefficient (Wildman–Crippen LogP) is 1.67. The Bertz CT molecular complexity index is 459. The number of carboxylic acids is 1. The van der Waals surface area contributed by atoms with Crippen LogP contribution in [0, 0.1) is 5.82 Å². The van der Waals surface area contributed by atoms with Gasteiger partial charge in [0.05, 0.1) is 5.56 Å². The van der Waals surface area contributed by atoms with Gasteiger partial charge in [-0.2, -0.15) is 13.2 Å². The quantitative estimate of drug-likeness (QED) is 0.551. The number of carbonyl (C=O) groups is 1. The van der Waals surface area contributed by atoms with E-state index in [9.17, 15) is 22.4 Å². The number of nitrogen functional groups attached to an aromatic ring is 1. The molecule has 4 nitrogen and oxygen atoms in total. The molecule has 0 radical (unpaired) electrons. The molecule has 1 rings (SSSR count). The highest BCUT2D eigenvalue weighted by Crippen LogP contribution is 2.33. The first kappa shape index (κ1) is 13.2. The molecule has 8 heteroatoms. The highest BCUT2D eigenvalue weighted by molar-refractivity contribution is 5.93. The molecule has 0 aliphatic carbocycles. The molecule has 0 aromatic heterocycles. The van der Waals surface area contributed by atoms with Crippen molar-refractivity contribution in [1.82, 2.24) is 0 Å². The van der Waals surface area contributed by atoms with Crippen molar-refractivity contribution in [2.45, 2.75) is 12.2 Å². The van der Waals surface area contributed by atoms with Crippen LogP contribution in [0.25, 0.3) is 0 Å². The maximum absolute atomic E-state index is 13.2. The zero-order valence-corrected chi connectivity index (χ0v) is 8.25. The standard InChI is InChI=1S/C9H8F4N2O2/c10-5-2-6(14)4(8(16)17)1-3(5)7(15)9(11,12)13/h1-2,7H,14-15H2,(H,16,17)/t7-/m0/s1. The number of nitrogens with two attached hydrogens (primary N) is 2. The van der Waals surface area contributed by atoms with E-state index in [0.717, 1.165) is 0 Å². The molecule has 0 spiro atoms. The van der Waals surface area contributed by atoms with Crippen molar-refractivity contribution < 1.29 is 27.5 Å². The van der Waals surface area contributed by atoms with Crippen molar-refractivity contribution >= 4 is 11.7 Å². The molecule has 0 fully saturated rings. The topological polar surface area (TPSA) is 89.3 Å². The van der Waals surface area contributed by atoms with Crippen LogP contribution in [-0.2, 0) is 0 Å². The first-order valence-corrected chi connectivity index (χ1v) is 4.29. The van der Waals surface area contributed by atoms with Crippen molar-refractivity contribution in [2.24, 2.45) is 5.73 Å². The number of alkyl halides is 3. The number of hydrogen-bond donors (Lipinski definition) is 3. The minimum atomic E-state index is -4.87. The Morgan fingerprint density at radius 1 is 1.35 bits per heavy atom. The first-order valence-electron chi connectivity index (χ1n) is 4.29. The van der Waals surface area contributed by atoms with Gasteiger partial charge < -0.3 is 16.6 Å². The fraction of sp³-hybridized carbons (Fsp3) is 0.222. The second kappa shape index (κ2) is 4.21. The van der Waals surface area contributed by atoms with Gasteiger partial charge in [0.15, 0.2) is 0 Å². The monoisotopic (exact) mass is 252 g/mol. The molecule has 1 atom stereocenters. The third kappa shape index (κ3) is 2.64. The van der Waals surface area contributed by atoms with Crippen LogP contribution in [0.4, 0.5) is 23.2 Å². The second-order valence-corrected chi connectivity index (χ2v) is 3.29. The summed E-state index contributed by atoms with van der Waals surface area (Å²) in [6.07, 6.45) is -4.87. The average Bonchev–Trinajstić information content (AvgIpc) is 2.14. The average molecular weight is 252 g/mol. The Labute approximate surface area is 92.8 Å². The molecule has 0 aliphatic rings. The van der Waals surface area contributed by atoms with Crippen molar-refractivity contribution in [2.75, 3.05) is 5.73 Å². The van der Waals surface area contributed by atoms with Gasteiger partial charge in [-0.05, 0) is 12.1 Å². The molecule has 0 bridgehead atoms. The van der Waals surface area contributed by atoms with Gasteiger partial charge in [-0.3, -0.25) is 0 Å². The van der Waals surface area contributed by atoms with E-state index in [4.69, 9.17) is 16.6 Å². The molecular formula is C9H8F4N2O2. The number of benzene rings is 1. The lowest BCUT2D eigenvalue weighted by molar-refractivity contribution is -0.149. The third-order valence-corrected chi connectivity index (χ3v) is 2.09. The van der Waals surface area contributed by atoms with Crippen molar-refractivity contribution in [1.29, 1.82) is 0 Å². The summed E-state index contributed by atoms with van der Waals surface area (Å²) in [7, 11) is 0. The lowest BCUT2D eigenvalue weighted by Gasteiger charge is -2.17. The summed E-state index contributed by atoms with van der Waals surface area (Å²) < 4.78 is 50.1. The fourth-order valence-corrected chi connectivity index (χ4v) is 1.21. The van der Waals surface area contributed by atoms with Crippen LogP contribution in [0.5, 0.6) is 0 Å². The number of rotatable bonds is 2. The normalized spacial score (nSPS) is 13.5. The van der Waals surface area contributed by atoms with Crippen molar-refractivity contribution in [3.05, 3.63) is 29.1 Å². The zero-order valence-electron chi connectivity index (χ0n) is 8.25. The number of hydrogen-bond acceptors (Lipinski definition) is 3. The summed E-state index contributed by atoms with van der Waals surface area (Å²) in [6, 6.07) is -1.60. The van der Waals surface area contributed by atoms with Crippen molar-refractivity contribution in [3.8, 4) is 0 Å². The van der Waals surface area contributed by atoms with Gasteiger partial charge in [0.2, 0.25) is 0 Å². The minimum Gasteiger partial charge on any atom is -0.478 e. The van der Waals surface area contributed by atoms with E-state index >= 15 is 0 Å². The highest BCUT2D eigenvalue weighted by Gasteiger charge is 2.39. The maximum Gasteiger partial charge on any atom is 0.407 e. The van der Waals surface area contributed by atoms with Crippen LogP contribution in [0.15, 0.2) is 12.1 Å². The van der Waals surface area contributed by atoms with Crippen LogP contribution < -0.4 is 11.5 Å². The lowest BCUT2D eigenvalue weighted by atomic mass is 10.0. The number of carboxylic acid groups (broad SMARTS) is 1. The SMILES string of the molecule is Nc1cc(F)c([C@H](N)C(F)(F)F)cc1C(=O)O. The molecule has 0 heterocycles. The molecule has 0 saturated heterocycles. The van der Waals surface area contributed by atoms with E-state index in [-0.39, 0.29) is 0 Å². The molecular weight excluding hydrogens is 244 g/mol. The van der Waals surface area contributed by atoms with E-state index in [0.29, 0.717) is 12.1 Å². The van der Waals surface area contributed by atoms with Crippen LogP contribution in [0.3, 0.4) is 0 Å². The first-order chi connectivity index (χ1) is 7.64. The maximum atomic E-state index is 13.2. The van der Waals surface area contributed by atoms with Crippen LogP contribution >= 0.6 is 0 Å². The molecule has 0 aliphatic heterocycles. The zero-order chi connectivity index (χ0) is 13.4. The smallest absolute Gasteiger partial charge is 0.407 e. The van der Waals surface area contributed by atoms with Crippen LogP contribution in [-0.4, -0.2) is 17.3 Å². The largest absolute Gasteiger partial charge is 0.478 e. The predicted molar refractivity (Wildman–Crippen MR) is 50.8 cm³/mol. The summed E-state index contributed by atoms with van der Waals surface area (Å²) in [4.78, 5) is 10.6. The summed E-state index contributed by atoms with van der Waals surface area (Å²) in [6.45, 7) is 0. The summed E-state index contributed by atoms with van der Waals surface area (Å²) >= 11 is 0. The summed E-state index contributed by atoms with van der Waals surface area (Å²) in [5.41, 5.74) is 7.91. The minimum absolute atomic E-state index is 0.465. The molecule has 5 N–H and O–H groups in total. The van der Waals surface area contributed by atoms with Crippen LogP contribution in [0.1, 0.15) is 22.0 Å². The molecule has 94 valence electrons. The summed E-state index contributed by atoms with van der Waals surface area (Å²) in [5, 5.41) is 8.64. The Morgan fingerprint density at radius 3 is 2.29 bits per heavy atom. The van der Waals surface area contributed by atoms with E-state index in [1.54, 1.807) is 0 Å². The Kier molecular flexibility index (Phi) is 3.28. The van der Waals surface area contributed by atoms with E-state index in [2.05, 4.69) is 0 Å². The van der Waals surface area contributed by atoms with E-state index in [1.165, 1.54) is 0 Å². The Hall–Kier alpha value is -1.83.